The van der Waals surface area contributed by atoms with Gasteiger partial charge in [-0.25, -0.2) is 4.98 Å². The van der Waals surface area contributed by atoms with E-state index in [9.17, 15) is 4.79 Å². The summed E-state index contributed by atoms with van der Waals surface area (Å²) in [6.07, 6.45) is 4.11. The molecule has 4 nitrogen and oxygen atoms in total. The predicted molar refractivity (Wildman–Crippen MR) is 84.3 cm³/mol. The molecular weight excluding hydrogens is 338 g/mol. The van der Waals surface area contributed by atoms with E-state index >= 15 is 0 Å². The van der Waals surface area contributed by atoms with Gasteiger partial charge < -0.3 is 5.32 Å². The van der Waals surface area contributed by atoms with Gasteiger partial charge in [0.05, 0.1) is 12.1 Å². The van der Waals surface area contributed by atoms with Crippen LogP contribution in [0.1, 0.15) is 11.3 Å². The number of amides is 1. The lowest BCUT2D eigenvalue weighted by atomic mass is 10.2. The number of anilines is 1. The molecule has 3 rings (SSSR count). The third-order valence-electron chi connectivity index (χ3n) is 2.93. The van der Waals surface area contributed by atoms with Crippen molar-refractivity contribution in [3.8, 4) is 0 Å². The number of hydrogen-bond acceptors (Lipinski definition) is 3. The summed E-state index contributed by atoms with van der Waals surface area (Å²) in [6, 6.07) is 5.74. The Labute approximate surface area is 128 Å². The van der Waals surface area contributed by atoms with Crippen LogP contribution in [-0.4, -0.2) is 15.3 Å². The summed E-state index contributed by atoms with van der Waals surface area (Å²) in [4.78, 5) is 17.3. The van der Waals surface area contributed by atoms with Crippen molar-refractivity contribution in [2.45, 2.75) is 13.3 Å². The van der Waals surface area contributed by atoms with Gasteiger partial charge in [-0.1, -0.05) is 15.9 Å². The molecule has 2 aromatic heterocycles. The molecule has 0 atom stereocenters. The highest BCUT2D eigenvalue weighted by Crippen LogP contribution is 2.20. The molecule has 0 saturated heterocycles. The first-order chi connectivity index (χ1) is 9.61. The molecule has 2 heterocycles. The Hall–Kier alpha value is -1.66. The van der Waals surface area contributed by atoms with E-state index in [1.807, 2.05) is 47.3 Å². The minimum atomic E-state index is -0.0579. The van der Waals surface area contributed by atoms with Gasteiger partial charge in [0.15, 0.2) is 4.96 Å². The number of nitrogens with zero attached hydrogens (tertiary/aromatic N) is 2. The number of carbonyl (C=O) groups excluding carboxylic acids is 1. The van der Waals surface area contributed by atoms with Crippen LogP contribution in [0.4, 0.5) is 5.69 Å². The normalized spacial score (nSPS) is 10.9. The van der Waals surface area contributed by atoms with Crippen molar-refractivity contribution in [3.63, 3.8) is 0 Å². The number of benzene rings is 1. The minimum Gasteiger partial charge on any atom is -0.326 e. The van der Waals surface area contributed by atoms with Gasteiger partial charge in [-0.15, -0.1) is 11.3 Å². The predicted octanol–water partition coefficient (Wildman–Crippen LogP) is 3.65. The molecule has 0 fully saturated rings. The molecule has 0 saturated carbocycles. The fraction of sp³-hybridized carbons (Fsp3) is 0.143. The van der Waals surface area contributed by atoms with Crippen molar-refractivity contribution in [3.05, 3.63) is 51.7 Å². The Balaban J connectivity index is 1.70. The molecule has 0 bridgehead atoms. The van der Waals surface area contributed by atoms with Gasteiger partial charge in [-0.05, 0) is 30.7 Å². The van der Waals surface area contributed by atoms with E-state index in [1.54, 1.807) is 11.3 Å². The molecule has 1 amide bonds. The van der Waals surface area contributed by atoms with Crippen molar-refractivity contribution in [1.82, 2.24) is 9.38 Å². The Bertz CT molecular complexity index is 749. The van der Waals surface area contributed by atoms with Crippen LogP contribution in [0.3, 0.4) is 0 Å². The second-order valence-electron chi connectivity index (χ2n) is 4.51. The summed E-state index contributed by atoms with van der Waals surface area (Å²) in [5, 5.41) is 4.86. The van der Waals surface area contributed by atoms with E-state index in [4.69, 9.17) is 0 Å². The van der Waals surface area contributed by atoms with E-state index in [0.717, 1.165) is 26.4 Å². The number of carbonyl (C=O) groups is 1. The maximum absolute atomic E-state index is 12.0. The van der Waals surface area contributed by atoms with Crippen LogP contribution in [0.5, 0.6) is 0 Å². The quantitative estimate of drug-likeness (QED) is 0.784. The van der Waals surface area contributed by atoms with E-state index in [1.165, 1.54) is 0 Å². The molecular formula is C14H12BrN3OS. The van der Waals surface area contributed by atoms with Crippen LogP contribution in [0.15, 0.2) is 40.4 Å². The zero-order chi connectivity index (χ0) is 14.1. The Kier molecular flexibility index (Phi) is 3.58. The van der Waals surface area contributed by atoms with Crippen LogP contribution >= 0.6 is 27.3 Å². The number of halogens is 1. The van der Waals surface area contributed by atoms with Gasteiger partial charge in [0.2, 0.25) is 5.91 Å². The zero-order valence-corrected chi connectivity index (χ0v) is 13.2. The maximum atomic E-state index is 12.0. The maximum Gasteiger partial charge on any atom is 0.230 e. The van der Waals surface area contributed by atoms with Gasteiger partial charge in [0, 0.05) is 27.9 Å². The second kappa shape index (κ2) is 5.38. The molecule has 1 N–H and O–H groups in total. The molecule has 20 heavy (non-hydrogen) atoms. The van der Waals surface area contributed by atoms with Crippen LogP contribution in [0.2, 0.25) is 0 Å². The van der Waals surface area contributed by atoms with Gasteiger partial charge in [-0.2, -0.15) is 0 Å². The number of nitrogens with one attached hydrogen (secondary N) is 1. The molecule has 0 unspecified atom stereocenters. The Morgan fingerprint density at radius 3 is 3.10 bits per heavy atom. The van der Waals surface area contributed by atoms with E-state index in [2.05, 4.69) is 26.2 Å². The van der Waals surface area contributed by atoms with E-state index in [0.29, 0.717) is 0 Å². The van der Waals surface area contributed by atoms with Crippen molar-refractivity contribution in [2.24, 2.45) is 0 Å². The number of rotatable bonds is 3. The zero-order valence-electron chi connectivity index (χ0n) is 10.8. The van der Waals surface area contributed by atoms with Crippen molar-refractivity contribution < 1.29 is 4.79 Å². The highest BCUT2D eigenvalue weighted by atomic mass is 79.9. The third-order valence-corrected chi connectivity index (χ3v) is 4.59. The molecule has 0 spiro atoms. The van der Waals surface area contributed by atoms with Gasteiger partial charge in [-0.3, -0.25) is 9.20 Å². The molecule has 1 aromatic carbocycles. The number of aromatic nitrogens is 2. The summed E-state index contributed by atoms with van der Waals surface area (Å²) in [5.74, 6) is -0.0579. The molecule has 0 aliphatic rings. The number of hydrogen-bond donors (Lipinski definition) is 1. The SMILES string of the molecule is Cc1cc(NC(=O)Cc2cn3ccsc3n2)ccc1Br. The highest BCUT2D eigenvalue weighted by Gasteiger charge is 2.09. The largest absolute Gasteiger partial charge is 0.326 e. The first-order valence-corrected chi connectivity index (χ1v) is 7.76. The summed E-state index contributed by atoms with van der Waals surface area (Å²) < 4.78 is 2.96. The van der Waals surface area contributed by atoms with Gasteiger partial charge >= 0.3 is 0 Å². The third kappa shape index (κ3) is 2.76. The summed E-state index contributed by atoms with van der Waals surface area (Å²) in [6.45, 7) is 1.99. The number of fused-ring (bicyclic) bond motifs is 1. The first-order valence-electron chi connectivity index (χ1n) is 6.09. The minimum absolute atomic E-state index is 0.0579. The molecule has 0 aliphatic carbocycles. The van der Waals surface area contributed by atoms with E-state index < -0.39 is 0 Å². The van der Waals surface area contributed by atoms with Crippen molar-refractivity contribution >= 4 is 43.8 Å². The fourth-order valence-corrected chi connectivity index (χ4v) is 2.92. The monoisotopic (exact) mass is 349 g/mol. The Morgan fingerprint density at radius 1 is 1.50 bits per heavy atom. The summed E-state index contributed by atoms with van der Waals surface area (Å²) in [5.41, 5.74) is 2.67. The van der Waals surface area contributed by atoms with Crippen LogP contribution < -0.4 is 5.32 Å². The molecule has 0 radical (unpaired) electrons. The van der Waals surface area contributed by atoms with Crippen LogP contribution in [0, 0.1) is 6.92 Å². The summed E-state index contributed by atoms with van der Waals surface area (Å²) in [7, 11) is 0. The van der Waals surface area contributed by atoms with Crippen LogP contribution in [-0.2, 0) is 11.2 Å². The molecule has 6 heteroatoms. The first kappa shape index (κ1) is 13.3. The summed E-state index contributed by atoms with van der Waals surface area (Å²) >= 11 is 5.00. The lowest BCUT2D eigenvalue weighted by molar-refractivity contribution is -0.115. The van der Waals surface area contributed by atoms with Gasteiger partial charge in [0.25, 0.3) is 0 Å². The average Bonchev–Trinajstić information content (AvgIpc) is 2.94. The molecule has 3 aromatic rings. The fourth-order valence-electron chi connectivity index (χ4n) is 1.95. The molecule has 0 aliphatic heterocycles. The lowest BCUT2D eigenvalue weighted by Gasteiger charge is -2.06. The number of thiazole rings is 1. The smallest absolute Gasteiger partial charge is 0.230 e. The highest BCUT2D eigenvalue weighted by molar-refractivity contribution is 9.10. The van der Waals surface area contributed by atoms with Gasteiger partial charge in [0.1, 0.15) is 0 Å². The van der Waals surface area contributed by atoms with Crippen molar-refractivity contribution in [1.29, 1.82) is 0 Å². The topological polar surface area (TPSA) is 46.4 Å². The number of aryl methyl sites for hydroxylation is 1. The average molecular weight is 350 g/mol. The van der Waals surface area contributed by atoms with Crippen LogP contribution in [0.25, 0.3) is 4.96 Å². The Morgan fingerprint density at radius 2 is 2.35 bits per heavy atom. The standard InChI is InChI=1S/C14H12BrN3OS/c1-9-6-10(2-3-12(9)15)16-13(19)7-11-8-18-4-5-20-14(18)17-11/h2-6,8H,7H2,1H3,(H,16,19). The lowest BCUT2D eigenvalue weighted by Crippen LogP contribution is -2.14. The molecule has 102 valence electrons. The second-order valence-corrected chi connectivity index (χ2v) is 6.24. The number of imidazole rings is 1. The van der Waals surface area contributed by atoms with E-state index in [-0.39, 0.29) is 12.3 Å². The van der Waals surface area contributed by atoms with Crippen molar-refractivity contribution in [2.75, 3.05) is 5.32 Å².